The Morgan fingerprint density at radius 1 is 1.56 bits per heavy atom. The third kappa shape index (κ3) is 2.81. The summed E-state index contributed by atoms with van der Waals surface area (Å²) < 4.78 is 12.6. The average Bonchev–Trinajstić information content (AvgIpc) is 2.85. The van der Waals surface area contributed by atoms with Crippen molar-refractivity contribution in [1.29, 1.82) is 0 Å². The number of nitrogens with zero attached hydrogens (tertiary/aromatic N) is 2. The van der Waals surface area contributed by atoms with Crippen molar-refractivity contribution in [2.24, 2.45) is 0 Å². The molecular weight excluding hydrogens is 300 g/mol. The first kappa shape index (κ1) is 12.9. The summed E-state index contributed by atoms with van der Waals surface area (Å²) >= 11 is 3.25. The van der Waals surface area contributed by atoms with Gasteiger partial charge in [0.25, 0.3) is 0 Å². The lowest BCUT2D eigenvalue weighted by Gasteiger charge is -2.05. The Balaban J connectivity index is 2.28. The summed E-state index contributed by atoms with van der Waals surface area (Å²) in [6, 6.07) is 5.49. The van der Waals surface area contributed by atoms with Gasteiger partial charge in [-0.3, -0.25) is 9.48 Å². The van der Waals surface area contributed by atoms with E-state index in [0.29, 0.717) is 17.0 Å². The Hall–Kier alpha value is -1.56. The fourth-order valence-electron chi connectivity index (χ4n) is 1.65. The minimum absolute atomic E-state index is 0.0787. The summed E-state index contributed by atoms with van der Waals surface area (Å²) in [4.78, 5) is 11.5. The van der Waals surface area contributed by atoms with Crippen LogP contribution in [0.15, 0.2) is 27.3 Å². The van der Waals surface area contributed by atoms with Gasteiger partial charge in [0.1, 0.15) is 12.2 Å². The van der Waals surface area contributed by atoms with E-state index < -0.39 is 0 Å². The number of halogens is 1. The number of furan rings is 1. The van der Waals surface area contributed by atoms with Crippen LogP contribution in [0.4, 0.5) is 0 Å². The first-order chi connectivity index (χ1) is 8.60. The van der Waals surface area contributed by atoms with Crippen LogP contribution in [0.1, 0.15) is 12.6 Å². The highest BCUT2D eigenvalue weighted by Gasteiger charge is 2.14. The van der Waals surface area contributed by atoms with Gasteiger partial charge in [-0.2, -0.15) is 5.10 Å². The lowest BCUT2D eigenvalue weighted by molar-refractivity contribution is -0.144. The van der Waals surface area contributed by atoms with Crippen LogP contribution in [0.5, 0.6) is 0 Å². The molecule has 2 aromatic heterocycles. The number of aromatic nitrogens is 2. The maximum absolute atomic E-state index is 11.5. The van der Waals surface area contributed by atoms with Crippen molar-refractivity contribution in [3.63, 3.8) is 0 Å². The van der Waals surface area contributed by atoms with E-state index in [1.54, 1.807) is 17.7 Å². The molecule has 6 heteroatoms. The zero-order valence-electron chi connectivity index (χ0n) is 10.1. The average molecular weight is 313 g/mol. The molecule has 0 unspecified atom stereocenters. The van der Waals surface area contributed by atoms with Gasteiger partial charge in [-0.1, -0.05) is 0 Å². The van der Waals surface area contributed by atoms with Crippen LogP contribution in [-0.4, -0.2) is 22.4 Å². The topological polar surface area (TPSA) is 57.3 Å². The van der Waals surface area contributed by atoms with Crippen LogP contribution in [-0.2, 0) is 16.1 Å². The smallest absolute Gasteiger partial charge is 0.327 e. The van der Waals surface area contributed by atoms with Crippen LogP contribution < -0.4 is 0 Å². The van der Waals surface area contributed by atoms with Crippen molar-refractivity contribution < 1.29 is 13.9 Å². The summed E-state index contributed by atoms with van der Waals surface area (Å²) in [6.07, 6.45) is 0. The number of ether oxygens (including phenoxy) is 1. The SMILES string of the molecule is CCOC(=O)Cn1nc(C)cc1-c1ccc(Br)o1. The van der Waals surface area contributed by atoms with E-state index in [1.807, 2.05) is 19.1 Å². The number of hydrogen-bond donors (Lipinski definition) is 0. The fraction of sp³-hybridized carbons (Fsp3) is 0.333. The summed E-state index contributed by atoms with van der Waals surface area (Å²) in [5, 5.41) is 4.26. The maximum Gasteiger partial charge on any atom is 0.327 e. The predicted octanol–water partition coefficient (Wildman–Crippen LogP) is 2.78. The van der Waals surface area contributed by atoms with E-state index in [2.05, 4.69) is 21.0 Å². The van der Waals surface area contributed by atoms with E-state index in [1.165, 1.54) is 0 Å². The van der Waals surface area contributed by atoms with Gasteiger partial charge < -0.3 is 9.15 Å². The Bertz CT molecular complexity index is 559. The summed E-state index contributed by atoms with van der Waals surface area (Å²) in [7, 11) is 0. The Morgan fingerprint density at radius 3 is 2.94 bits per heavy atom. The van der Waals surface area contributed by atoms with Gasteiger partial charge in [-0.25, -0.2) is 0 Å². The van der Waals surface area contributed by atoms with Crippen molar-refractivity contribution in [3.05, 3.63) is 28.6 Å². The van der Waals surface area contributed by atoms with Gasteiger partial charge in [0, 0.05) is 0 Å². The molecule has 0 spiro atoms. The van der Waals surface area contributed by atoms with Gasteiger partial charge in [0.05, 0.1) is 12.3 Å². The number of carbonyl (C=O) groups excluding carboxylic acids is 1. The van der Waals surface area contributed by atoms with Crippen LogP contribution in [0.2, 0.25) is 0 Å². The standard InChI is InChI=1S/C12H13BrN2O3/c1-3-17-12(16)7-15-9(6-8(2)14-15)10-4-5-11(13)18-10/h4-6H,3,7H2,1-2H3. The highest BCUT2D eigenvalue weighted by molar-refractivity contribution is 9.10. The quantitative estimate of drug-likeness (QED) is 0.815. The van der Waals surface area contributed by atoms with Crippen LogP contribution in [0, 0.1) is 6.92 Å². The number of esters is 1. The Morgan fingerprint density at radius 2 is 2.33 bits per heavy atom. The number of carbonyl (C=O) groups is 1. The third-order valence-corrected chi connectivity index (χ3v) is 2.74. The molecule has 96 valence electrons. The third-order valence-electron chi connectivity index (χ3n) is 2.31. The van der Waals surface area contributed by atoms with Crippen LogP contribution >= 0.6 is 15.9 Å². The second-order valence-electron chi connectivity index (χ2n) is 3.74. The molecule has 0 aliphatic carbocycles. The van der Waals surface area contributed by atoms with Crippen molar-refractivity contribution in [1.82, 2.24) is 9.78 Å². The zero-order valence-corrected chi connectivity index (χ0v) is 11.7. The summed E-state index contributed by atoms with van der Waals surface area (Å²) in [5.41, 5.74) is 1.58. The first-order valence-corrected chi connectivity index (χ1v) is 6.35. The van der Waals surface area contributed by atoms with Crippen LogP contribution in [0.3, 0.4) is 0 Å². The molecule has 2 heterocycles. The molecule has 0 bridgehead atoms. The molecule has 0 aromatic carbocycles. The van der Waals surface area contributed by atoms with Gasteiger partial charge in [-0.15, -0.1) is 0 Å². The molecule has 0 aliphatic heterocycles. The predicted molar refractivity (Wildman–Crippen MR) is 69.0 cm³/mol. The van der Waals surface area contributed by atoms with E-state index in [9.17, 15) is 4.79 Å². The summed E-state index contributed by atoms with van der Waals surface area (Å²) in [6.45, 7) is 4.08. The van der Waals surface area contributed by atoms with Crippen molar-refractivity contribution in [2.45, 2.75) is 20.4 Å². The van der Waals surface area contributed by atoms with Gasteiger partial charge >= 0.3 is 5.97 Å². The summed E-state index contributed by atoms with van der Waals surface area (Å²) in [5.74, 6) is 0.347. The number of aryl methyl sites for hydroxylation is 1. The van der Waals surface area contributed by atoms with Crippen LogP contribution in [0.25, 0.3) is 11.5 Å². The molecule has 0 fully saturated rings. The molecule has 2 rings (SSSR count). The van der Waals surface area contributed by atoms with Gasteiger partial charge in [0.15, 0.2) is 10.4 Å². The molecule has 0 radical (unpaired) electrons. The maximum atomic E-state index is 11.5. The molecular formula is C12H13BrN2O3. The Labute approximate surface area is 113 Å². The zero-order chi connectivity index (χ0) is 13.1. The lowest BCUT2D eigenvalue weighted by atomic mass is 10.3. The van der Waals surface area contributed by atoms with E-state index in [4.69, 9.17) is 9.15 Å². The number of hydrogen-bond acceptors (Lipinski definition) is 4. The minimum atomic E-state index is -0.313. The van der Waals surface area contributed by atoms with E-state index in [0.717, 1.165) is 11.4 Å². The molecule has 0 aliphatic rings. The second kappa shape index (κ2) is 5.39. The van der Waals surface area contributed by atoms with Gasteiger partial charge in [-0.05, 0) is 48.0 Å². The highest BCUT2D eigenvalue weighted by atomic mass is 79.9. The Kier molecular flexibility index (Phi) is 3.86. The normalized spacial score (nSPS) is 10.6. The largest absolute Gasteiger partial charge is 0.465 e. The molecule has 0 saturated heterocycles. The van der Waals surface area contributed by atoms with E-state index in [-0.39, 0.29) is 12.5 Å². The molecule has 2 aromatic rings. The van der Waals surface area contributed by atoms with Crippen molar-refractivity contribution >= 4 is 21.9 Å². The molecule has 0 amide bonds. The first-order valence-electron chi connectivity index (χ1n) is 5.56. The monoisotopic (exact) mass is 312 g/mol. The second-order valence-corrected chi connectivity index (χ2v) is 4.52. The number of rotatable bonds is 4. The molecule has 0 saturated carbocycles. The molecule has 0 atom stereocenters. The lowest BCUT2D eigenvalue weighted by Crippen LogP contribution is -2.15. The molecule has 0 N–H and O–H groups in total. The van der Waals surface area contributed by atoms with Crippen molar-refractivity contribution in [2.75, 3.05) is 6.61 Å². The molecule has 18 heavy (non-hydrogen) atoms. The fourth-order valence-corrected chi connectivity index (χ4v) is 1.95. The highest BCUT2D eigenvalue weighted by Crippen LogP contribution is 2.25. The minimum Gasteiger partial charge on any atom is -0.465 e. The van der Waals surface area contributed by atoms with E-state index >= 15 is 0 Å². The van der Waals surface area contributed by atoms with Gasteiger partial charge in [0.2, 0.25) is 0 Å². The van der Waals surface area contributed by atoms with Crippen molar-refractivity contribution in [3.8, 4) is 11.5 Å². The molecule has 5 nitrogen and oxygen atoms in total.